The van der Waals surface area contributed by atoms with Gasteiger partial charge in [-0.05, 0) is 35.9 Å². The summed E-state index contributed by atoms with van der Waals surface area (Å²) in [7, 11) is 0. The van der Waals surface area contributed by atoms with Crippen molar-refractivity contribution in [2.75, 3.05) is 0 Å². The van der Waals surface area contributed by atoms with Gasteiger partial charge in [0, 0.05) is 15.2 Å². The normalized spacial score (nSPS) is 11.6. The van der Waals surface area contributed by atoms with Gasteiger partial charge in [-0.2, -0.15) is 5.26 Å². The zero-order valence-electron chi connectivity index (χ0n) is 12.9. The van der Waals surface area contributed by atoms with Crippen LogP contribution < -0.4 is 0 Å². The first-order chi connectivity index (χ1) is 12.2. The Labute approximate surface area is 157 Å². The minimum absolute atomic E-state index is 0.537. The summed E-state index contributed by atoms with van der Waals surface area (Å²) in [6, 6.07) is 19.9. The third-order valence-corrected chi connectivity index (χ3v) is 5.12. The molecule has 25 heavy (non-hydrogen) atoms. The molecule has 0 aliphatic rings. The number of thiazole rings is 1. The van der Waals surface area contributed by atoms with Crippen molar-refractivity contribution in [3.63, 3.8) is 0 Å². The van der Waals surface area contributed by atoms with Gasteiger partial charge in [0.25, 0.3) is 0 Å². The molecule has 2 aromatic heterocycles. The predicted octanol–water partition coefficient (Wildman–Crippen LogP) is 6.38. The Kier molecular flexibility index (Phi) is 4.22. The lowest BCUT2D eigenvalue weighted by Crippen LogP contribution is -1.82. The van der Waals surface area contributed by atoms with Crippen LogP contribution in [0.2, 0.25) is 0 Å². The molecule has 3 nitrogen and oxygen atoms in total. The molecule has 0 saturated heterocycles. The van der Waals surface area contributed by atoms with Gasteiger partial charge < -0.3 is 4.42 Å². The maximum atomic E-state index is 9.51. The van der Waals surface area contributed by atoms with E-state index in [1.54, 1.807) is 0 Å². The van der Waals surface area contributed by atoms with Gasteiger partial charge in [-0.25, -0.2) is 4.98 Å². The molecule has 0 fully saturated rings. The first-order valence-corrected chi connectivity index (χ1v) is 9.22. The molecule has 0 unspecified atom stereocenters. The molecule has 0 aliphatic carbocycles. The van der Waals surface area contributed by atoms with Crippen LogP contribution in [0.15, 0.2) is 68.9 Å². The molecular formula is C20H11BrN2OS. The Morgan fingerprint density at radius 1 is 1.16 bits per heavy atom. The van der Waals surface area contributed by atoms with Gasteiger partial charge in [0.1, 0.15) is 22.4 Å². The van der Waals surface area contributed by atoms with Crippen molar-refractivity contribution >= 4 is 49.9 Å². The van der Waals surface area contributed by atoms with Crippen molar-refractivity contribution in [1.29, 1.82) is 5.26 Å². The highest BCUT2D eigenvalue weighted by Crippen LogP contribution is 2.31. The molecule has 0 amide bonds. The average Bonchev–Trinajstić information content (AvgIpc) is 3.28. The van der Waals surface area contributed by atoms with Gasteiger partial charge in [-0.3, -0.25) is 0 Å². The highest BCUT2D eigenvalue weighted by atomic mass is 79.9. The number of para-hydroxylation sites is 1. The minimum Gasteiger partial charge on any atom is -0.454 e. The van der Waals surface area contributed by atoms with Crippen LogP contribution in [-0.4, -0.2) is 4.98 Å². The fourth-order valence-corrected chi connectivity index (χ4v) is 3.53. The number of benzene rings is 2. The van der Waals surface area contributed by atoms with Gasteiger partial charge in [0.2, 0.25) is 0 Å². The Morgan fingerprint density at radius 3 is 2.72 bits per heavy atom. The molecule has 120 valence electrons. The van der Waals surface area contributed by atoms with Crippen molar-refractivity contribution in [3.8, 4) is 17.5 Å². The maximum Gasteiger partial charge on any atom is 0.154 e. The molecule has 0 aliphatic heterocycles. The van der Waals surface area contributed by atoms with Crippen LogP contribution in [0.1, 0.15) is 10.6 Å². The largest absolute Gasteiger partial charge is 0.454 e. The van der Waals surface area contributed by atoms with Crippen molar-refractivity contribution in [1.82, 2.24) is 4.98 Å². The van der Waals surface area contributed by atoms with E-state index in [-0.39, 0.29) is 0 Å². The average molecular weight is 407 g/mol. The SMILES string of the molecule is N#C/C(=C/c1ccc(Br)cc1)c1nc(-c2cc3ccccc3o2)cs1. The molecule has 0 radical (unpaired) electrons. The van der Waals surface area contributed by atoms with Crippen LogP contribution in [-0.2, 0) is 0 Å². The molecule has 4 rings (SSSR count). The van der Waals surface area contributed by atoms with Crippen LogP contribution in [0.3, 0.4) is 0 Å². The maximum absolute atomic E-state index is 9.51. The van der Waals surface area contributed by atoms with E-state index >= 15 is 0 Å². The molecule has 2 aromatic carbocycles. The first kappa shape index (κ1) is 15.8. The van der Waals surface area contributed by atoms with Gasteiger partial charge in [0.05, 0.1) is 5.57 Å². The van der Waals surface area contributed by atoms with Crippen LogP contribution in [0.4, 0.5) is 0 Å². The van der Waals surface area contributed by atoms with Crippen LogP contribution in [0, 0.1) is 11.3 Å². The molecule has 0 spiro atoms. The number of fused-ring (bicyclic) bond motifs is 1. The highest BCUT2D eigenvalue weighted by molar-refractivity contribution is 9.10. The number of furan rings is 1. The first-order valence-electron chi connectivity index (χ1n) is 7.55. The Bertz CT molecular complexity index is 1080. The third-order valence-electron chi connectivity index (χ3n) is 3.71. The lowest BCUT2D eigenvalue weighted by atomic mass is 10.1. The predicted molar refractivity (Wildman–Crippen MR) is 105 cm³/mol. The van der Waals surface area contributed by atoms with Crippen molar-refractivity contribution in [2.24, 2.45) is 0 Å². The molecule has 0 N–H and O–H groups in total. The number of nitrogens with zero attached hydrogens (tertiary/aromatic N) is 2. The topological polar surface area (TPSA) is 49.8 Å². The molecule has 0 atom stereocenters. The number of hydrogen-bond acceptors (Lipinski definition) is 4. The number of halogens is 1. The van der Waals surface area contributed by atoms with Gasteiger partial charge in [-0.15, -0.1) is 11.3 Å². The summed E-state index contributed by atoms with van der Waals surface area (Å²) >= 11 is 4.85. The lowest BCUT2D eigenvalue weighted by molar-refractivity contribution is 0.629. The molecular weight excluding hydrogens is 396 g/mol. The van der Waals surface area contributed by atoms with E-state index in [9.17, 15) is 5.26 Å². The number of allylic oxidation sites excluding steroid dienone is 1. The van der Waals surface area contributed by atoms with Crippen molar-refractivity contribution in [2.45, 2.75) is 0 Å². The van der Waals surface area contributed by atoms with E-state index in [0.717, 1.165) is 26.7 Å². The standard InChI is InChI=1S/C20H11BrN2OS/c21-16-7-5-13(6-8-16)9-15(11-22)20-23-17(12-25-20)19-10-14-3-1-2-4-18(14)24-19/h1-10,12H/b15-9-. The highest BCUT2D eigenvalue weighted by Gasteiger charge is 2.12. The molecule has 2 heterocycles. The fourth-order valence-electron chi connectivity index (χ4n) is 2.49. The van der Waals surface area contributed by atoms with E-state index in [2.05, 4.69) is 27.0 Å². The van der Waals surface area contributed by atoms with Crippen molar-refractivity contribution < 1.29 is 4.42 Å². The number of aromatic nitrogens is 1. The summed E-state index contributed by atoms with van der Waals surface area (Å²) < 4.78 is 6.85. The Morgan fingerprint density at radius 2 is 1.96 bits per heavy atom. The summed E-state index contributed by atoms with van der Waals surface area (Å²) in [5, 5.41) is 13.1. The third kappa shape index (κ3) is 3.27. The van der Waals surface area contributed by atoms with E-state index < -0.39 is 0 Å². The monoisotopic (exact) mass is 406 g/mol. The van der Waals surface area contributed by atoms with E-state index in [0.29, 0.717) is 16.3 Å². The number of hydrogen-bond donors (Lipinski definition) is 0. The second-order valence-electron chi connectivity index (χ2n) is 5.41. The van der Waals surface area contributed by atoms with Gasteiger partial charge in [0.15, 0.2) is 5.76 Å². The Balaban J connectivity index is 1.69. The second-order valence-corrected chi connectivity index (χ2v) is 7.18. The van der Waals surface area contributed by atoms with Gasteiger partial charge >= 0.3 is 0 Å². The second kappa shape index (κ2) is 6.67. The number of rotatable bonds is 3. The van der Waals surface area contributed by atoms with Crippen molar-refractivity contribution in [3.05, 3.63) is 75.0 Å². The quantitative estimate of drug-likeness (QED) is 0.370. The fraction of sp³-hybridized carbons (Fsp3) is 0. The van der Waals surface area contributed by atoms with Crippen LogP contribution in [0.5, 0.6) is 0 Å². The summed E-state index contributed by atoms with van der Waals surface area (Å²) in [6.45, 7) is 0. The summed E-state index contributed by atoms with van der Waals surface area (Å²) in [5.74, 6) is 0.713. The van der Waals surface area contributed by atoms with Crippen LogP contribution in [0.25, 0.3) is 34.1 Å². The summed E-state index contributed by atoms with van der Waals surface area (Å²) in [6.07, 6.45) is 1.84. The zero-order valence-corrected chi connectivity index (χ0v) is 15.3. The van der Waals surface area contributed by atoms with E-state index in [1.165, 1.54) is 11.3 Å². The molecule has 5 heteroatoms. The molecule has 0 bridgehead atoms. The van der Waals surface area contributed by atoms with E-state index in [1.807, 2.05) is 66.1 Å². The zero-order chi connectivity index (χ0) is 17.2. The van der Waals surface area contributed by atoms with E-state index in [4.69, 9.17) is 4.42 Å². The summed E-state index contributed by atoms with van der Waals surface area (Å²) in [4.78, 5) is 4.59. The molecule has 4 aromatic rings. The number of nitriles is 1. The summed E-state index contributed by atoms with van der Waals surface area (Å²) in [5.41, 5.74) is 3.07. The molecule has 0 saturated carbocycles. The van der Waals surface area contributed by atoms with Crippen LogP contribution >= 0.6 is 27.3 Å². The minimum atomic E-state index is 0.537. The Hall–Kier alpha value is -2.68. The van der Waals surface area contributed by atoms with Gasteiger partial charge in [-0.1, -0.05) is 46.3 Å². The lowest BCUT2D eigenvalue weighted by Gasteiger charge is -1.96. The smallest absolute Gasteiger partial charge is 0.154 e.